The Morgan fingerprint density at radius 1 is 1.08 bits per heavy atom. The van der Waals surface area contributed by atoms with Crippen LogP contribution < -0.4 is 4.74 Å². The first-order chi connectivity index (χ1) is 12.2. The van der Waals surface area contributed by atoms with E-state index in [4.69, 9.17) is 4.74 Å². The van der Waals surface area contributed by atoms with Crippen LogP contribution in [-0.2, 0) is 12.8 Å². The van der Waals surface area contributed by atoms with Crippen LogP contribution in [0.2, 0.25) is 0 Å². The van der Waals surface area contributed by atoms with Gasteiger partial charge < -0.3 is 20.1 Å². The average molecular weight is 354 g/mol. The van der Waals surface area contributed by atoms with Gasteiger partial charge in [0.15, 0.2) is 5.78 Å². The lowest BCUT2D eigenvalue weighted by molar-refractivity contribution is 0.0450. The van der Waals surface area contributed by atoms with Crippen LogP contribution in [0.4, 0.5) is 0 Å². The highest BCUT2D eigenvalue weighted by atomic mass is 16.5. The Balaban J connectivity index is 2.01. The van der Waals surface area contributed by atoms with E-state index in [1.165, 1.54) is 19.2 Å². The standard InChI is InChI=1S/C20H18O6/c1-20(25)6-5-9-7-10-14(18(23)11(9)8-20)19(24)15-12(21)3-4-13(26-2)16(15)17(10)22/h3-4,7,21,23,25H,5-6,8H2,1-2H3. The molecule has 1 atom stereocenters. The maximum atomic E-state index is 13.0. The van der Waals surface area contributed by atoms with Crippen LogP contribution in [0.15, 0.2) is 18.2 Å². The van der Waals surface area contributed by atoms with Crippen molar-refractivity contribution >= 4 is 11.6 Å². The Bertz CT molecular complexity index is 987. The van der Waals surface area contributed by atoms with Crippen LogP contribution >= 0.6 is 0 Å². The van der Waals surface area contributed by atoms with Crippen molar-refractivity contribution in [2.24, 2.45) is 0 Å². The molecule has 2 aromatic carbocycles. The summed E-state index contributed by atoms with van der Waals surface area (Å²) in [7, 11) is 1.38. The minimum atomic E-state index is -0.982. The fourth-order valence-corrected chi connectivity index (χ4v) is 3.92. The van der Waals surface area contributed by atoms with Gasteiger partial charge in [-0.25, -0.2) is 0 Å². The average Bonchev–Trinajstić information content (AvgIpc) is 2.59. The van der Waals surface area contributed by atoms with Crippen molar-refractivity contribution in [3.05, 3.63) is 51.6 Å². The summed E-state index contributed by atoms with van der Waals surface area (Å²) in [5.41, 5.74) is 0.0611. The number of ketones is 2. The van der Waals surface area contributed by atoms with Crippen LogP contribution in [0, 0.1) is 0 Å². The van der Waals surface area contributed by atoms with Gasteiger partial charge in [0.2, 0.25) is 5.78 Å². The van der Waals surface area contributed by atoms with Gasteiger partial charge in [0.05, 0.1) is 29.4 Å². The molecule has 0 radical (unpaired) electrons. The Morgan fingerprint density at radius 2 is 1.81 bits per heavy atom. The third kappa shape index (κ3) is 2.15. The zero-order chi connectivity index (χ0) is 18.8. The summed E-state index contributed by atoms with van der Waals surface area (Å²) >= 11 is 0. The van der Waals surface area contributed by atoms with E-state index >= 15 is 0 Å². The second-order valence-electron chi connectivity index (χ2n) is 7.15. The topological polar surface area (TPSA) is 104 Å². The number of rotatable bonds is 1. The van der Waals surface area contributed by atoms with Crippen molar-refractivity contribution in [3.63, 3.8) is 0 Å². The SMILES string of the molecule is COc1ccc(O)c2c1C(=O)c1cc3c(c(O)c1C2=O)CC(C)(O)CC3. The van der Waals surface area contributed by atoms with Gasteiger partial charge in [-0.1, -0.05) is 0 Å². The van der Waals surface area contributed by atoms with Crippen LogP contribution in [0.1, 0.15) is 56.3 Å². The molecule has 0 aliphatic heterocycles. The molecule has 0 aromatic heterocycles. The monoisotopic (exact) mass is 354 g/mol. The first-order valence-corrected chi connectivity index (χ1v) is 8.34. The minimum Gasteiger partial charge on any atom is -0.507 e. The highest BCUT2D eigenvalue weighted by Gasteiger charge is 2.40. The summed E-state index contributed by atoms with van der Waals surface area (Å²) in [5, 5.41) is 31.2. The highest BCUT2D eigenvalue weighted by Crippen LogP contribution is 2.44. The number of benzene rings is 2. The molecule has 1 unspecified atom stereocenters. The number of aryl methyl sites for hydroxylation is 1. The van der Waals surface area contributed by atoms with E-state index in [2.05, 4.69) is 0 Å². The van der Waals surface area contributed by atoms with Crippen LogP contribution in [-0.4, -0.2) is 39.6 Å². The van der Waals surface area contributed by atoms with E-state index < -0.39 is 17.2 Å². The number of aromatic hydroxyl groups is 2. The van der Waals surface area contributed by atoms with Gasteiger partial charge in [-0.15, -0.1) is 0 Å². The van der Waals surface area contributed by atoms with Crippen LogP contribution in [0.3, 0.4) is 0 Å². The van der Waals surface area contributed by atoms with Crippen LogP contribution in [0.25, 0.3) is 0 Å². The molecule has 134 valence electrons. The molecule has 0 bridgehead atoms. The lowest BCUT2D eigenvalue weighted by Gasteiger charge is -2.32. The van der Waals surface area contributed by atoms with Crippen molar-refractivity contribution in [1.29, 1.82) is 0 Å². The van der Waals surface area contributed by atoms with E-state index in [-0.39, 0.29) is 45.9 Å². The number of methoxy groups -OCH3 is 1. The molecule has 3 N–H and O–H groups in total. The fourth-order valence-electron chi connectivity index (χ4n) is 3.92. The maximum Gasteiger partial charge on any atom is 0.202 e. The van der Waals surface area contributed by atoms with Crippen molar-refractivity contribution in [2.75, 3.05) is 7.11 Å². The molecule has 2 aliphatic rings. The third-order valence-electron chi connectivity index (χ3n) is 5.28. The van der Waals surface area contributed by atoms with Crippen molar-refractivity contribution in [3.8, 4) is 17.2 Å². The molecular formula is C20H18O6. The number of carbonyl (C=O) groups excluding carboxylic acids is 2. The Morgan fingerprint density at radius 3 is 2.50 bits per heavy atom. The highest BCUT2D eigenvalue weighted by molar-refractivity contribution is 6.31. The Labute approximate surface area is 149 Å². The normalized spacial score (nSPS) is 21.0. The van der Waals surface area contributed by atoms with Crippen molar-refractivity contribution in [1.82, 2.24) is 0 Å². The molecule has 6 heteroatoms. The molecule has 6 nitrogen and oxygen atoms in total. The van der Waals surface area contributed by atoms with E-state index in [9.17, 15) is 24.9 Å². The second kappa shape index (κ2) is 5.32. The summed E-state index contributed by atoms with van der Waals surface area (Å²) in [5.74, 6) is -1.53. The number of carbonyl (C=O) groups is 2. The number of aliphatic hydroxyl groups is 1. The summed E-state index contributed by atoms with van der Waals surface area (Å²) in [6.07, 6.45) is 1.19. The molecule has 0 saturated heterocycles. The van der Waals surface area contributed by atoms with Crippen molar-refractivity contribution < 1.29 is 29.6 Å². The number of phenolic OH excluding ortho intramolecular Hbond substituents is 2. The minimum absolute atomic E-state index is 0.00663. The number of hydrogen-bond donors (Lipinski definition) is 3. The maximum absolute atomic E-state index is 13.0. The number of phenols is 2. The van der Waals surface area contributed by atoms with Gasteiger partial charge in [0, 0.05) is 17.5 Å². The predicted molar refractivity (Wildman–Crippen MR) is 92.3 cm³/mol. The van der Waals surface area contributed by atoms with Gasteiger partial charge in [0.1, 0.15) is 17.2 Å². The van der Waals surface area contributed by atoms with Crippen molar-refractivity contribution in [2.45, 2.75) is 31.8 Å². The van der Waals surface area contributed by atoms with Crippen LogP contribution in [0.5, 0.6) is 17.2 Å². The smallest absolute Gasteiger partial charge is 0.202 e. The van der Waals surface area contributed by atoms with Gasteiger partial charge in [0.25, 0.3) is 0 Å². The summed E-state index contributed by atoms with van der Waals surface area (Å²) < 4.78 is 5.19. The first kappa shape index (κ1) is 16.6. The largest absolute Gasteiger partial charge is 0.507 e. The molecule has 26 heavy (non-hydrogen) atoms. The van der Waals surface area contributed by atoms with E-state index in [1.54, 1.807) is 13.0 Å². The Hall–Kier alpha value is -2.86. The van der Waals surface area contributed by atoms with Gasteiger partial charge in [-0.2, -0.15) is 0 Å². The first-order valence-electron chi connectivity index (χ1n) is 8.34. The molecule has 0 amide bonds. The summed E-state index contributed by atoms with van der Waals surface area (Å²) in [6, 6.07) is 4.33. The molecular weight excluding hydrogens is 336 g/mol. The third-order valence-corrected chi connectivity index (χ3v) is 5.28. The molecule has 2 aromatic rings. The lowest BCUT2D eigenvalue weighted by Crippen LogP contribution is -2.33. The zero-order valence-corrected chi connectivity index (χ0v) is 14.4. The fraction of sp³-hybridized carbons (Fsp3) is 0.300. The van der Waals surface area contributed by atoms with E-state index in [0.29, 0.717) is 18.4 Å². The van der Waals surface area contributed by atoms with Gasteiger partial charge >= 0.3 is 0 Å². The summed E-state index contributed by atoms with van der Waals surface area (Å²) in [4.78, 5) is 26.1. The van der Waals surface area contributed by atoms with E-state index in [0.717, 1.165) is 5.56 Å². The van der Waals surface area contributed by atoms with Gasteiger partial charge in [-0.3, -0.25) is 9.59 Å². The zero-order valence-electron chi connectivity index (χ0n) is 14.4. The lowest BCUT2D eigenvalue weighted by atomic mass is 9.75. The second-order valence-corrected chi connectivity index (χ2v) is 7.15. The number of ether oxygens (including phenoxy) is 1. The quantitative estimate of drug-likeness (QED) is 0.618. The van der Waals surface area contributed by atoms with E-state index in [1.807, 2.05) is 0 Å². The number of hydrogen-bond acceptors (Lipinski definition) is 6. The predicted octanol–water partition coefficient (Wildman–Crippen LogP) is 2.12. The van der Waals surface area contributed by atoms with Gasteiger partial charge in [-0.05, 0) is 43.5 Å². The number of fused-ring (bicyclic) bond motifs is 3. The Kier molecular flexibility index (Phi) is 3.39. The molecule has 0 spiro atoms. The summed E-state index contributed by atoms with van der Waals surface area (Å²) in [6.45, 7) is 1.67. The molecule has 0 fully saturated rings. The molecule has 0 saturated carbocycles. The molecule has 2 aliphatic carbocycles. The molecule has 4 rings (SSSR count). The molecule has 0 heterocycles.